The zero-order valence-corrected chi connectivity index (χ0v) is 9.83. The molecule has 0 heterocycles. The van der Waals surface area contributed by atoms with Crippen molar-refractivity contribution in [2.75, 3.05) is 6.61 Å². The number of aliphatic carboxylic acids is 1. The number of carboxylic acid groups (broad SMARTS) is 1. The molecule has 0 unspecified atom stereocenters. The summed E-state index contributed by atoms with van der Waals surface area (Å²) >= 11 is 0. The molecule has 0 aliphatic heterocycles. The van der Waals surface area contributed by atoms with Gasteiger partial charge in [-0.15, -0.1) is 0 Å². The molecule has 3 N–H and O–H groups in total. The van der Waals surface area contributed by atoms with Crippen LogP contribution in [0.2, 0.25) is 0 Å². The summed E-state index contributed by atoms with van der Waals surface area (Å²) in [6.45, 7) is -1.02. The minimum Gasteiger partial charge on any atom is -0.481 e. The number of hydrogen-bond donors (Lipinski definition) is 2. The molecule has 0 saturated carbocycles. The molecule has 0 fully saturated rings. The lowest BCUT2D eigenvalue weighted by Crippen LogP contribution is -2.36. The molecule has 1 atom stereocenters. The van der Waals surface area contributed by atoms with Gasteiger partial charge < -0.3 is 15.6 Å². The number of carboxylic acids is 1. The van der Waals surface area contributed by atoms with Gasteiger partial charge in [-0.3, -0.25) is 9.59 Å². The van der Waals surface area contributed by atoms with Crippen LogP contribution in [0.25, 0.3) is 0 Å². The normalized spacial score (nSPS) is 12.1. The second-order valence-corrected chi connectivity index (χ2v) is 3.76. The van der Waals surface area contributed by atoms with Crippen LogP contribution in [0.1, 0.15) is 6.42 Å². The van der Waals surface area contributed by atoms with E-state index in [4.69, 9.17) is 10.8 Å². The molecule has 0 aliphatic rings. The zero-order valence-electron chi connectivity index (χ0n) is 9.83. The molecule has 110 valence electrons. The van der Waals surface area contributed by atoms with Crippen molar-refractivity contribution in [1.29, 1.82) is 0 Å². The van der Waals surface area contributed by atoms with E-state index in [1.165, 1.54) is 0 Å². The van der Waals surface area contributed by atoms with Crippen molar-refractivity contribution in [1.82, 2.24) is 0 Å². The Labute approximate surface area is 109 Å². The number of halogens is 4. The summed E-state index contributed by atoms with van der Waals surface area (Å²) in [6, 6.07) is -1.48. The number of ether oxygens (including phenoxy) is 1. The number of nitrogens with two attached hydrogens (primary N) is 1. The smallest absolute Gasteiger partial charge is 0.305 e. The number of Topliss-reactive ketones (excluding diaryl/α,β-unsaturated/α-hetero) is 1. The van der Waals surface area contributed by atoms with Gasteiger partial charge in [-0.2, -0.15) is 8.78 Å². The topological polar surface area (TPSA) is 89.6 Å². The Kier molecular flexibility index (Phi) is 5.03. The first-order valence-electron chi connectivity index (χ1n) is 5.20. The monoisotopic (exact) mass is 295 g/mol. The van der Waals surface area contributed by atoms with E-state index < -0.39 is 59.8 Å². The molecule has 0 radical (unpaired) electrons. The molecular formula is C11H9F4NO4. The highest BCUT2D eigenvalue weighted by molar-refractivity contribution is 5.88. The van der Waals surface area contributed by atoms with Crippen molar-refractivity contribution in [2.24, 2.45) is 5.73 Å². The highest BCUT2D eigenvalue weighted by Crippen LogP contribution is 2.26. The minimum absolute atomic E-state index is 0.0183. The molecule has 1 rings (SSSR count). The van der Waals surface area contributed by atoms with Gasteiger partial charge in [-0.05, 0) is 0 Å². The predicted octanol–water partition coefficient (Wildman–Crippen LogP) is 0.993. The second-order valence-electron chi connectivity index (χ2n) is 3.76. The van der Waals surface area contributed by atoms with Crippen molar-refractivity contribution in [2.45, 2.75) is 12.5 Å². The lowest BCUT2D eigenvalue weighted by Gasteiger charge is -2.11. The Morgan fingerprint density at radius 1 is 1.20 bits per heavy atom. The van der Waals surface area contributed by atoms with Crippen LogP contribution in [0.5, 0.6) is 5.75 Å². The maximum Gasteiger partial charge on any atom is 0.305 e. The van der Waals surface area contributed by atoms with E-state index in [1.54, 1.807) is 0 Å². The third kappa shape index (κ3) is 3.67. The van der Waals surface area contributed by atoms with Crippen molar-refractivity contribution < 1.29 is 37.0 Å². The molecule has 1 aromatic carbocycles. The molecular weight excluding hydrogens is 286 g/mol. The fourth-order valence-electron chi connectivity index (χ4n) is 1.23. The van der Waals surface area contributed by atoms with E-state index in [9.17, 15) is 27.2 Å². The van der Waals surface area contributed by atoms with Crippen LogP contribution in [0.4, 0.5) is 17.6 Å². The summed E-state index contributed by atoms with van der Waals surface area (Å²) in [5.41, 5.74) is 5.17. The SMILES string of the molecule is N[C@@H](CC(=O)O)C(=O)COc1c(F)c(F)cc(F)c1F. The van der Waals surface area contributed by atoms with E-state index >= 15 is 0 Å². The maximum absolute atomic E-state index is 13.2. The van der Waals surface area contributed by atoms with Crippen LogP contribution >= 0.6 is 0 Å². The average molecular weight is 295 g/mol. The second kappa shape index (κ2) is 6.33. The number of benzene rings is 1. The third-order valence-electron chi connectivity index (χ3n) is 2.24. The summed E-state index contributed by atoms with van der Waals surface area (Å²) in [4.78, 5) is 21.6. The molecule has 0 aromatic heterocycles. The molecule has 0 saturated heterocycles. The molecule has 0 amide bonds. The maximum atomic E-state index is 13.2. The largest absolute Gasteiger partial charge is 0.481 e. The van der Waals surface area contributed by atoms with Gasteiger partial charge in [0.1, 0.15) is 6.61 Å². The lowest BCUT2D eigenvalue weighted by molar-refractivity contribution is -0.139. The van der Waals surface area contributed by atoms with Crippen molar-refractivity contribution in [3.63, 3.8) is 0 Å². The van der Waals surface area contributed by atoms with Crippen LogP contribution in [0.15, 0.2) is 6.07 Å². The van der Waals surface area contributed by atoms with Gasteiger partial charge in [-0.1, -0.05) is 0 Å². The Bertz CT molecular complexity index is 523. The molecule has 0 bridgehead atoms. The van der Waals surface area contributed by atoms with Crippen molar-refractivity contribution in [3.8, 4) is 5.75 Å². The fourth-order valence-corrected chi connectivity index (χ4v) is 1.23. The fraction of sp³-hybridized carbons (Fsp3) is 0.273. The van der Waals surface area contributed by atoms with Gasteiger partial charge in [0, 0.05) is 6.07 Å². The molecule has 20 heavy (non-hydrogen) atoms. The number of carbonyl (C=O) groups excluding carboxylic acids is 1. The van der Waals surface area contributed by atoms with E-state index in [1.807, 2.05) is 0 Å². The first kappa shape index (κ1) is 15.9. The number of carbonyl (C=O) groups is 2. The molecule has 9 heteroatoms. The van der Waals surface area contributed by atoms with Gasteiger partial charge in [0.25, 0.3) is 0 Å². The van der Waals surface area contributed by atoms with Gasteiger partial charge in [0.15, 0.2) is 23.2 Å². The highest BCUT2D eigenvalue weighted by Gasteiger charge is 2.23. The molecule has 0 aliphatic carbocycles. The van der Waals surface area contributed by atoms with Crippen molar-refractivity contribution in [3.05, 3.63) is 29.3 Å². The summed E-state index contributed by atoms with van der Waals surface area (Å²) in [5.74, 6) is -10.7. The number of rotatable bonds is 6. The molecule has 0 spiro atoms. The van der Waals surface area contributed by atoms with Gasteiger partial charge in [0.2, 0.25) is 11.6 Å². The van der Waals surface area contributed by atoms with E-state index in [2.05, 4.69) is 4.74 Å². The van der Waals surface area contributed by atoms with Crippen LogP contribution in [0.3, 0.4) is 0 Å². The summed E-state index contributed by atoms with van der Waals surface area (Å²) in [7, 11) is 0. The lowest BCUT2D eigenvalue weighted by atomic mass is 10.1. The standard InChI is InChI=1S/C11H9F4NO4/c12-4-1-5(13)10(15)11(9(4)14)20-3-7(17)6(16)2-8(18)19/h1,6H,2-3,16H2,(H,18,19)/t6-/m0/s1. The Balaban J connectivity index is 2.80. The summed E-state index contributed by atoms with van der Waals surface area (Å²) in [5, 5.41) is 8.39. The Morgan fingerprint density at radius 3 is 2.15 bits per heavy atom. The van der Waals surface area contributed by atoms with Crippen LogP contribution in [0, 0.1) is 23.3 Å². The first-order valence-corrected chi connectivity index (χ1v) is 5.20. The highest BCUT2D eigenvalue weighted by atomic mass is 19.2. The van der Waals surface area contributed by atoms with Crippen molar-refractivity contribution >= 4 is 11.8 Å². The Morgan fingerprint density at radius 2 is 1.70 bits per heavy atom. The number of ketones is 1. The summed E-state index contributed by atoms with van der Waals surface area (Å²) < 4.78 is 56.3. The minimum atomic E-state index is -1.80. The van der Waals surface area contributed by atoms with Crippen LogP contribution in [-0.2, 0) is 9.59 Å². The quantitative estimate of drug-likeness (QED) is 0.603. The summed E-state index contributed by atoms with van der Waals surface area (Å²) in [6.07, 6.45) is -0.718. The first-order chi connectivity index (χ1) is 9.23. The third-order valence-corrected chi connectivity index (χ3v) is 2.24. The molecule has 1 aromatic rings. The molecule has 5 nitrogen and oxygen atoms in total. The average Bonchev–Trinajstić information content (AvgIpc) is 2.35. The van der Waals surface area contributed by atoms with E-state index in [-0.39, 0.29) is 6.07 Å². The Hall–Kier alpha value is -2.16. The van der Waals surface area contributed by atoms with Gasteiger partial charge >= 0.3 is 5.97 Å². The zero-order chi connectivity index (χ0) is 15.4. The number of hydrogen-bond acceptors (Lipinski definition) is 4. The van der Waals surface area contributed by atoms with E-state index in [0.29, 0.717) is 0 Å². The van der Waals surface area contributed by atoms with E-state index in [0.717, 1.165) is 0 Å². The van der Waals surface area contributed by atoms with Crippen LogP contribution < -0.4 is 10.5 Å². The predicted molar refractivity (Wildman–Crippen MR) is 57.0 cm³/mol. The van der Waals surface area contributed by atoms with Gasteiger partial charge in [-0.25, -0.2) is 8.78 Å². The van der Waals surface area contributed by atoms with Crippen LogP contribution in [-0.4, -0.2) is 29.5 Å². The van der Waals surface area contributed by atoms with Gasteiger partial charge in [0.05, 0.1) is 12.5 Å².